The van der Waals surface area contributed by atoms with Crippen LogP contribution in [-0.2, 0) is 23.9 Å². The molecule has 0 heterocycles. The van der Waals surface area contributed by atoms with Crippen LogP contribution in [0.1, 0.15) is 71.6 Å². The zero-order valence-electron chi connectivity index (χ0n) is 16.7. The molecule has 6 nitrogen and oxygen atoms in total. The lowest BCUT2D eigenvalue weighted by molar-refractivity contribution is -0.149. The predicted molar refractivity (Wildman–Crippen MR) is 102 cm³/mol. The van der Waals surface area contributed by atoms with Crippen molar-refractivity contribution in [1.82, 2.24) is 0 Å². The van der Waals surface area contributed by atoms with Gasteiger partial charge in [-0.05, 0) is 50.5 Å². The van der Waals surface area contributed by atoms with Gasteiger partial charge < -0.3 is 14.6 Å². The molecule has 2 atom stereocenters. The molecule has 1 aliphatic carbocycles. The summed E-state index contributed by atoms with van der Waals surface area (Å²) < 4.78 is 9.89. The third-order valence-electron chi connectivity index (χ3n) is 4.68. The number of rotatable bonds is 12. The number of esters is 2. The maximum absolute atomic E-state index is 12.1. The van der Waals surface area contributed by atoms with Crippen molar-refractivity contribution in [2.45, 2.75) is 83.8 Å². The Labute approximate surface area is 161 Å². The topological polar surface area (TPSA) is 89.9 Å². The van der Waals surface area contributed by atoms with E-state index in [0.29, 0.717) is 25.7 Å². The number of methoxy groups -OCH3 is 1. The zero-order valence-corrected chi connectivity index (χ0v) is 16.7. The summed E-state index contributed by atoms with van der Waals surface area (Å²) in [5, 5.41) is 10.2. The van der Waals surface area contributed by atoms with Gasteiger partial charge in [0.2, 0.25) is 0 Å². The lowest BCUT2D eigenvalue weighted by atomic mass is 9.98. The minimum atomic E-state index is -0.675. The molecule has 6 heteroatoms. The Morgan fingerprint density at radius 3 is 2.63 bits per heavy atom. The van der Waals surface area contributed by atoms with Crippen molar-refractivity contribution < 1.29 is 29.0 Å². The predicted octanol–water partition coefficient (Wildman–Crippen LogP) is 3.42. The fraction of sp³-hybridized carbons (Fsp3) is 0.667. The second-order valence-electron chi connectivity index (χ2n) is 6.82. The standard InChI is InChI=1S/C21H32O6/c1-4-5-6-10-17-18(20(24)14-19(17)23)11-8-7-9-16(27-15(2)22)12-13-21(25)26-3/h5-6,16,20,24H,4,7-14H2,1-3H3/b6-5-/t16-,20+/m1/s1. The van der Waals surface area contributed by atoms with Crippen LogP contribution in [-0.4, -0.2) is 42.1 Å². The lowest BCUT2D eigenvalue weighted by Gasteiger charge is -2.17. The molecule has 0 saturated carbocycles. The summed E-state index contributed by atoms with van der Waals surface area (Å²) in [6, 6.07) is 0. The second-order valence-corrected chi connectivity index (χ2v) is 6.82. The van der Waals surface area contributed by atoms with Crippen molar-refractivity contribution in [2.24, 2.45) is 0 Å². The van der Waals surface area contributed by atoms with E-state index in [0.717, 1.165) is 30.4 Å². The number of Topliss-reactive ketones (excluding diaryl/α,β-unsaturated/α-hetero) is 1. The summed E-state index contributed by atoms with van der Waals surface area (Å²) in [5.41, 5.74) is 1.59. The quantitative estimate of drug-likeness (QED) is 0.317. The maximum atomic E-state index is 12.1. The molecule has 0 fully saturated rings. The van der Waals surface area contributed by atoms with Crippen molar-refractivity contribution in [1.29, 1.82) is 0 Å². The summed E-state index contributed by atoms with van der Waals surface area (Å²) in [4.78, 5) is 34.6. The Morgan fingerprint density at radius 1 is 1.26 bits per heavy atom. The van der Waals surface area contributed by atoms with Gasteiger partial charge in [-0.2, -0.15) is 0 Å². The zero-order chi connectivity index (χ0) is 20.2. The van der Waals surface area contributed by atoms with Gasteiger partial charge in [-0.15, -0.1) is 0 Å². The van der Waals surface area contributed by atoms with Crippen LogP contribution in [0.4, 0.5) is 0 Å². The first-order chi connectivity index (χ1) is 12.9. The molecule has 27 heavy (non-hydrogen) atoms. The summed E-state index contributed by atoms with van der Waals surface area (Å²) in [5.74, 6) is -0.654. The van der Waals surface area contributed by atoms with E-state index in [9.17, 15) is 19.5 Å². The Hall–Kier alpha value is -1.95. The van der Waals surface area contributed by atoms with Gasteiger partial charge >= 0.3 is 11.9 Å². The Balaban J connectivity index is 2.53. The molecule has 0 aromatic rings. The van der Waals surface area contributed by atoms with Gasteiger partial charge in [-0.3, -0.25) is 14.4 Å². The van der Waals surface area contributed by atoms with Crippen LogP contribution in [0.25, 0.3) is 0 Å². The van der Waals surface area contributed by atoms with E-state index >= 15 is 0 Å². The highest BCUT2D eigenvalue weighted by Crippen LogP contribution is 2.30. The lowest BCUT2D eigenvalue weighted by Crippen LogP contribution is -2.18. The van der Waals surface area contributed by atoms with Crippen LogP contribution < -0.4 is 0 Å². The molecule has 0 unspecified atom stereocenters. The molecule has 0 aromatic carbocycles. The molecule has 152 valence electrons. The average Bonchev–Trinajstić information content (AvgIpc) is 2.89. The van der Waals surface area contributed by atoms with E-state index in [-0.39, 0.29) is 36.7 Å². The minimum Gasteiger partial charge on any atom is -0.469 e. The van der Waals surface area contributed by atoms with Crippen LogP contribution in [0.15, 0.2) is 23.3 Å². The second kappa shape index (κ2) is 12.4. The molecule has 1 rings (SSSR count). The van der Waals surface area contributed by atoms with E-state index in [1.54, 1.807) is 0 Å². The number of allylic oxidation sites excluding steroid dienone is 3. The van der Waals surface area contributed by atoms with Crippen molar-refractivity contribution in [3.05, 3.63) is 23.3 Å². The van der Waals surface area contributed by atoms with Crippen molar-refractivity contribution in [3.8, 4) is 0 Å². The maximum Gasteiger partial charge on any atom is 0.305 e. The minimum absolute atomic E-state index is 0.0362. The molecule has 0 bridgehead atoms. The number of aliphatic hydroxyl groups excluding tert-OH is 1. The molecule has 0 radical (unpaired) electrons. The Bertz CT molecular complexity index is 575. The van der Waals surface area contributed by atoms with Crippen molar-refractivity contribution >= 4 is 17.7 Å². The molecule has 0 spiro atoms. The van der Waals surface area contributed by atoms with E-state index in [4.69, 9.17) is 4.74 Å². The summed E-state index contributed by atoms with van der Waals surface area (Å²) in [7, 11) is 1.33. The number of carbonyl (C=O) groups excluding carboxylic acids is 3. The normalized spacial score (nSPS) is 18.2. The summed E-state index contributed by atoms with van der Waals surface area (Å²) in [6.07, 6.45) is 8.19. The van der Waals surface area contributed by atoms with Gasteiger partial charge in [0.1, 0.15) is 6.10 Å². The van der Waals surface area contributed by atoms with Gasteiger partial charge in [0.15, 0.2) is 5.78 Å². The number of carbonyl (C=O) groups is 3. The molecule has 0 saturated heterocycles. The van der Waals surface area contributed by atoms with Gasteiger partial charge in [0.05, 0.1) is 13.2 Å². The Kier molecular flexibility index (Phi) is 10.6. The largest absolute Gasteiger partial charge is 0.469 e. The average molecular weight is 380 g/mol. The van der Waals surface area contributed by atoms with Crippen LogP contribution in [0.2, 0.25) is 0 Å². The molecular formula is C21H32O6. The first kappa shape index (κ1) is 23.1. The number of unbranched alkanes of at least 4 members (excludes halogenated alkanes) is 1. The van der Waals surface area contributed by atoms with Gasteiger partial charge in [-0.25, -0.2) is 0 Å². The summed E-state index contributed by atoms with van der Waals surface area (Å²) in [6.45, 7) is 3.39. The third-order valence-corrected chi connectivity index (χ3v) is 4.68. The van der Waals surface area contributed by atoms with Crippen molar-refractivity contribution in [2.75, 3.05) is 7.11 Å². The molecule has 0 aliphatic heterocycles. The van der Waals surface area contributed by atoms with Crippen LogP contribution in [0.3, 0.4) is 0 Å². The first-order valence-electron chi connectivity index (χ1n) is 9.71. The fourth-order valence-electron chi connectivity index (χ4n) is 3.30. The van der Waals surface area contributed by atoms with Gasteiger partial charge in [-0.1, -0.05) is 19.1 Å². The van der Waals surface area contributed by atoms with Crippen LogP contribution in [0.5, 0.6) is 0 Å². The van der Waals surface area contributed by atoms with Crippen molar-refractivity contribution in [3.63, 3.8) is 0 Å². The summed E-state index contributed by atoms with van der Waals surface area (Å²) >= 11 is 0. The molecular weight excluding hydrogens is 348 g/mol. The SMILES string of the molecule is CC/C=C\CC1=C(CCCC[C@H](CCC(=O)OC)OC(C)=O)[C@@H](O)CC1=O. The molecule has 1 aliphatic rings. The number of hydrogen-bond acceptors (Lipinski definition) is 6. The van der Waals surface area contributed by atoms with Gasteiger partial charge in [0, 0.05) is 25.3 Å². The number of ketones is 1. The number of hydrogen-bond donors (Lipinski definition) is 1. The highest BCUT2D eigenvalue weighted by molar-refractivity contribution is 5.99. The van der Waals surface area contributed by atoms with E-state index in [2.05, 4.69) is 4.74 Å². The highest BCUT2D eigenvalue weighted by Gasteiger charge is 2.29. The number of ether oxygens (including phenoxy) is 2. The smallest absolute Gasteiger partial charge is 0.305 e. The van der Waals surface area contributed by atoms with Gasteiger partial charge in [0.25, 0.3) is 0 Å². The van der Waals surface area contributed by atoms with Crippen LogP contribution >= 0.6 is 0 Å². The van der Waals surface area contributed by atoms with E-state index in [1.807, 2.05) is 19.1 Å². The first-order valence-corrected chi connectivity index (χ1v) is 9.71. The fourth-order valence-corrected chi connectivity index (χ4v) is 3.30. The molecule has 1 N–H and O–H groups in total. The highest BCUT2D eigenvalue weighted by atomic mass is 16.5. The number of aliphatic hydroxyl groups is 1. The van der Waals surface area contributed by atoms with E-state index < -0.39 is 6.10 Å². The third kappa shape index (κ3) is 8.52. The van der Waals surface area contributed by atoms with Crippen LogP contribution in [0, 0.1) is 0 Å². The molecule has 0 aromatic heterocycles. The van der Waals surface area contributed by atoms with E-state index in [1.165, 1.54) is 14.0 Å². The Morgan fingerprint density at radius 2 is 2.00 bits per heavy atom. The monoisotopic (exact) mass is 380 g/mol. The molecule has 0 amide bonds.